The van der Waals surface area contributed by atoms with Crippen LogP contribution in [0.1, 0.15) is 54.7 Å². The molecule has 1 aromatic carbocycles. The normalized spacial score (nSPS) is 38.2. The Bertz CT molecular complexity index is 1260. The van der Waals surface area contributed by atoms with Crippen molar-refractivity contribution >= 4 is 5.57 Å². The largest absolute Gasteiger partial charge is 0.497 e. The van der Waals surface area contributed by atoms with Gasteiger partial charge >= 0.3 is 17.8 Å². The van der Waals surface area contributed by atoms with Gasteiger partial charge in [0.2, 0.25) is 0 Å². The van der Waals surface area contributed by atoms with Crippen LogP contribution in [0.15, 0.2) is 48.3 Å². The average Bonchev–Trinajstić information content (AvgIpc) is 2.95. The van der Waals surface area contributed by atoms with Gasteiger partial charge in [-0.15, -0.1) is 0 Å². The van der Waals surface area contributed by atoms with E-state index in [0.717, 1.165) is 32.1 Å². The quantitative estimate of drug-likeness (QED) is 0.401. The van der Waals surface area contributed by atoms with Gasteiger partial charge in [0.15, 0.2) is 0 Å². The second-order valence-corrected chi connectivity index (χ2v) is 11.4. The SMILES string of the molecule is COc1ccc2c(c1)C1(C3CC4CC(C3)CC1C4)[C@@H](c1ccncc1)C1=C2C(F)(F)C(F)(F)C1(F)F. The Morgan fingerprint density at radius 2 is 1.42 bits per heavy atom. The van der Waals surface area contributed by atoms with Crippen LogP contribution in [-0.4, -0.2) is 29.9 Å². The highest BCUT2D eigenvalue weighted by Crippen LogP contribution is 2.76. The van der Waals surface area contributed by atoms with Crippen LogP contribution in [0.25, 0.3) is 5.57 Å². The van der Waals surface area contributed by atoms with Crippen molar-refractivity contribution in [3.63, 3.8) is 0 Å². The fourth-order valence-corrected chi connectivity index (χ4v) is 8.98. The molecule has 6 aliphatic carbocycles. The van der Waals surface area contributed by atoms with Crippen LogP contribution in [-0.2, 0) is 5.41 Å². The third kappa shape index (κ3) is 2.40. The number of alkyl halides is 6. The number of methoxy groups -OCH3 is 1. The molecule has 1 heterocycles. The van der Waals surface area contributed by atoms with E-state index in [-0.39, 0.29) is 17.4 Å². The number of allylic oxidation sites excluding steroid dienone is 2. The van der Waals surface area contributed by atoms with Crippen molar-refractivity contribution in [1.82, 2.24) is 4.98 Å². The molecule has 190 valence electrons. The fraction of sp³-hybridized carbons (Fsp3) is 0.536. The fourth-order valence-electron chi connectivity index (χ4n) is 8.98. The lowest BCUT2D eigenvalue weighted by Gasteiger charge is -2.65. The monoisotopic (exact) mass is 505 g/mol. The van der Waals surface area contributed by atoms with Crippen molar-refractivity contribution in [2.75, 3.05) is 7.11 Å². The maximum Gasteiger partial charge on any atom is 0.380 e. The molecule has 0 radical (unpaired) electrons. The van der Waals surface area contributed by atoms with Crippen molar-refractivity contribution in [1.29, 1.82) is 0 Å². The highest BCUT2D eigenvalue weighted by atomic mass is 19.3. The molecule has 1 atom stereocenters. The maximum atomic E-state index is 15.8. The number of rotatable bonds is 2. The lowest BCUT2D eigenvalue weighted by Crippen LogP contribution is -2.60. The molecule has 0 saturated heterocycles. The summed E-state index contributed by atoms with van der Waals surface area (Å²) in [7, 11) is 1.45. The van der Waals surface area contributed by atoms with Crippen molar-refractivity contribution < 1.29 is 31.1 Å². The standard InChI is InChI=1S/C28H25F6NO/c1-36-19-2-3-20-21(13-19)25(17-9-14-8-15(11-17)12-18(25)10-14)22(16-4-6-35-7-5-16)24-23(20)26(29,30)28(33,34)27(24,31)32/h2-7,13-15,17-18,22H,8-12H2,1H3/t14?,15?,17?,18?,22-,25?/m0/s1. The van der Waals surface area contributed by atoms with Crippen LogP contribution in [0, 0.1) is 23.7 Å². The lowest BCUT2D eigenvalue weighted by atomic mass is 9.38. The molecular formula is C28H25F6NO. The average molecular weight is 506 g/mol. The Labute approximate surface area is 204 Å². The minimum atomic E-state index is -5.54. The van der Waals surface area contributed by atoms with Gasteiger partial charge in [0.1, 0.15) is 5.75 Å². The molecule has 0 unspecified atom stereocenters. The molecule has 6 aliphatic rings. The minimum absolute atomic E-state index is 0.0783. The van der Waals surface area contributed by atoms with Crippen LogP contribution in [0.5, 0.6) is 5.75 Å². The molecule has 8 rings (SSSR count). The highest BCUT2D eigenvalue weighted by molar-refractivity contribution is 5.87. The Morgan fingerprint density at radius 1 is 0.806 bits per heavy atom. The molecule has 4 saturated carbocycles. The second-order valence-electron chi connectivity index (χ2n) is 11.4. The summed E-state index contributed by atoms with van der Waals surface area (Å²) < 4.78 is 98.2. The van der Waals surface area contributed by atoms with E-state index >= 15 is 26.3 Å². The van der Waals surface area contributed by atoms with E-state index in [9.17, 15) is 0 Å². The van der Waals surface area contributed by atoms with E-state index in [1.807, 2.05) is 0 Å². The van der Waals surface area contributed by atoms with Gasteiger partial charge in [0.05, 0.1) is 7.11 Å². The van der Waals surface area contributed by atoms with E-state index in [0.29, 0.717) is 28.7 Å². The first-order chi connectivity index (χ1) is 17.0. The third-order valence-corrected chi connectivity index (χ3v) is 9.97. The maximum absolute atomic E-state index is 15.8. The van der Waals surface area contributed by atoms with Crippen LogP contribution in [0.2, 0.25) is 0 Å². The smallest absolute Gasteiger partial charge is 0.380 e. The van der Waals surface area contributed by atoms with Gasteiger partial charge in [0.25, 0.3) is 0 Å². The van der Waals surface area contributed by atoms with Gasteiger partial charge in [-0.2, -0.15) is 26.3 Å². The van der Waals surface area contributed by atoms with Crippen LogP contribution >= 0.6 is 0 Å². The molecule has 1 aromatic heterocycles. The molecule has 0 aliphatic heterocycles. The van der Waals surface area contributed by atoms with E-state index in [2.05, 4.69) is 4.98 Å². The Kier molecular flexibility index (Phi) is 4.32. The van der Waals surface area contributed by atoms with Gasteiger partial charge < -0.3 is 4.74 Å². The van der Waals surface area contributed by atoms with Crippen molar-refractivity contribution in [3.8, 4) is 5.75 Å². The molecule has 4 bridgehead atoms. The first-order valence-electron chi connectivity index (χ1n) is 12.5. The van der Waals surface area contributed by atoms with Gasteiger partial charge in [-0.3, -0.25) is 4.98 Å². The molecular weight excluding hydrogens is 480 g/mol. The summed E-state index contributed by atoms with van der Waals surface area (Å²) in [6, 6.07) is 7.41. The zero-order chi connectivity index (χ0) is 25.3. The number of benzene rings is 1. The minimum Gasteiger partial charge on any atom is -0.497 e. The summed E-state index contributed by atoms with van der Waals surface area (Å²) >= 11 is 0. The summed E-state index contributed by atoms with van der Waals surface area (Å²) in [4.78, 5) is 4.00. The first-order valence-corrected chi connectivity index (χ1v) is 12.5. The number of hydrogen-bond acceptors (Lipinski definition) is 2. The molecule has 8 heteroatoms. The third-order valence-electron chi connectivity index (χ3n) is 9.97. The number of halogens is 6. The molecule has 36 heavy (non-hydrogen) atoms. The zero-order valence-electron chi connectivity index (χ0n) is 19.6. The topological polar surface area (TPSA) is 22.1 Å². The number of aromatic nitrogens is 1. The number of ether oxygens (including phenoxy) is 1. The van der Waals surface area contributed by atoms with Crippen molar-refractivity contribution in [2.24, 2.45) is 23.7 Å². The van der Waals surface area contributed by atoms with Gasteiger partial charge in [-0.25, -0.2) is 0 Å². The molecule has 0 amide bonds. The predicted molar refractivity (Wildman–Crippen MR) is 120 cm³/mol. The van der Waals surface area contributed by atoms with Crippen molar-refractivity contribution in [2.45, 2.75) is 61.2 Å². The van der Waals surface area contributed by atoms with E-state index < -0.39 is 40.2 Å². The predicted octanol–water partition coefficient (Wildman–Crippen LogP) is 7.25. The highest BCUT2D eigenvalue weighted by Gasteiger charge is 2.83. The number of hydrogen-bond donors (Lipinski definition) is 0. The van der Waals surface area contributed by atoms with Gasteiger partial charge in [-0.1, -0.05) is 6.07 Å². The molecule has 2 nitrogen and oxygen atoms in total. The van der Waals surface area contributed by atoms with Gasteiger partial charge in [-0.05, 0) is 96.7 Å². The molecule has 2 aromatic rings. The molecule has 1 spiro atoms. The summed E-state index contributed by atoms with van der Waals surface area (Å²) in [5, 5.41) is 0. The Balaban J connectivity index is 1.63. The van der Waals surface area contributed by atoms with E-state index in [1.165, 1.54) is 43.8 Å². The summed E-state index contributed by atoms with van der Waals surface area (Å²) in [5.41, 5.74) is -2.69. The van der Waals surface area contributed by atoms with Gasteiger partial charge in [0, 0.05) is 34.9 Å². The van der Waals surface area contributed by atoms with Crippen molar-refractivity contribution in [3.05, 3.63) is 65.0 Å². The number of pyridine rings is 1. The number of fused-ring (bicyclic) bond motifs is 2. The molecule has 0 N–H and O–H groups in total. The lowest BCUT2D eigenvalue weighted by molar-refractivity contribution is -0.261. The van der Waals surface area contributed by atoms with Crippen LogP contribution in [0.4, 0.5) is 26.3 Å². The zero-order valence-corrected chi connectivity index (χ0v) is 19.6. The van der Waals surface area contributed by atoms with Crippen LogP contribution < -0.4 is 4.74 Å². The van der Waals surface area contributed by atoms with E-state index in [1.54, 1.807) is 6.07 Å². The molecule has 4 fully saturated rings. The summed E-state index contributed by atoms with van der Waals surface area (Å²) in [5.74, 6) is -15.7. The summed E-state index contributed by atoms with van der Waals surface area (Å²) in [6.07, 6.45) is 7.07. The first kappa shape index (κ1) is 22.7. The van der Waals surface area contributed by atoms with Crippen LogP contribution in [0.3, 0.4) is 0 Å². The Morgan fingerprint density at radius 3 is 2.00 bits per heavy atom. The second kappa shape index (κ2) is 6.87. The van der Waals surface area contributed by atoms with E-state index in [4.69, 9.17) is 4.74 Å². The Hall–Kier alpha value is -2.51. The number of nitrogens with zero attached hydrogens (tertiary/aromatic N) is 1. The summed E-state index contributed by atoms with van der Waals surface area (Å²) in [6.45, 7) is 0.